The van der Waals surface area contributed by atoms with Crippen molar-refractivity contribution in [3.05, 3.63) is 51.5 Å². The first-order valence-corrected chi connectivity index (χ1v) is 8.44. The Balaban J connectivity index is 2.07. The second-order valence-corrected chi connectivity index (χ2v) is 6.85. The van der Waals surface area contributed by atoms with E-state index < -0.39 is 12.6 Å². The van der Waals surface area contributed by atoms with Crippen LogP contribution in [0.3, 0.4) is 0 Å². The summed E-state index contributed by atoms with van der Waals surface area (Å²) in [5, 5.41) is 10.7. The van der Waals surface area contributed by atoms with Gasteiger partial charge in [-0.2, -0.15) is 0 Å². The molecule has 0 atom stereocenters. The fourth-order valence-electron chi connectivity index (χ4n) is 2.15. The lowest BCUT2D eigenvalue weighted by molar-refractivity contribution is -0.139. The molecule has 0 saturated carbocycles. The minimum absolute atomic E-state index is 0.166. The van der Waals surface area contributed by atoms with Gasteiger partial charge in [-0.25, -0.2) is 4.79 Å². The number of carboxylic acid groups (broad SMARTS) is 1. The predicted octanol–water partition coefficient (Wildman–Crippen LogP) is 5.99. The Kier molecular flexibility index (Phi) is 4.69. The van der Waals surface area contributed by atoms with Crippen LogP contribution in [0.2, 0.25) is 15.1 Å². The van der Waals surface area contributed by atoms with Gasteiger partial charge in [-0.05, 0) is 18.2 Å². The van der Waals surface area contributed by atoms with Crippen LogP contribution in [-0.4, -0.2) is 17.7 Å². The number of carboxylic acids is 1. The number of rotatable bonds is 4. The molecule has 2 aromatic carbocycles. The Bertz CT molecular complexity index is 905. The summed E-state index contributed by atoms with van der Waals surface area (Å²) in [5.41, 5.74) is 0.686. The maximum absolute atomic E-state index is 10.6. The summed E-state index contributed by atoms with van der Waals surface area (Å²) in [6.07, 6.45) is 0. The number of halogens is 3. The molecule has 1 aromatic heterocycles. The fraction of sp³-hybridized carbons (Fsp3) is 0.0625. The van der Waals surface area contributed by atoms with Crippen molar-refractivity contribution in [3.63, 3.8) is 0 Å². The molecule has 1 N–H and O–H groups in total. The van der Waals surface area contributed by atoms with E-state index in [1.807, 2.05) is 24.3 Å². The second-order valence-electron chi connectivity index (χ2n) is 4.66. The third-order valence-electron chi connectivity index (χ3n) is 3.18. The molecule has 0 fully saturated rings. The van der Waals surface area contributed by atoms with Crippen LogP contribution in [0.1, 0.15) is 0 Å². The molecule has 1 heterocycles. The topological polar surface area (TPSA) is 46.5 Å². The number of hydrogen-bond acceptors (Lipinski definition) is 3. The summed E-state index contributed by atoms with van der Waals surface area (Å²) in [6.45, 7) is -0.487. The van der Waals surface area contributed by atoms with Crippen molar-refractivity contribution in [2.24, 2.45) is 0 Å². The van der Waals surface area contributed by atoms with E-state index in [0.717, 1.165) is 15.0 Å². The molecule has 0 aliphatic carbocycles. The van der Waals surface area contributed by atoms with Gasteiger partial charge in [-0.1, -0.05) is 53.0 Å². The number of aliphatic carboxylic acids is 1. The minimum atomic E-state index is -1.09. The number of ether oxygens (including phenoxy) is 1. The summed E-state index contributed by atoms with van der Waals surface area (Å²) in [7, 11) is 0. The molecule has 0 radical (unpaired) electrons. The van der Waals surface area contributed by atoms with Gasteiger partial charge in [0.05, 0.1) is 14.9 Å². The Labute approximate surface area is 151 Å². The van der Waals surface area contributed by atoms with Crippen molar-refractivity contribution in [1.29, 1.82) is 0 Å². The molecule has 0 spiro atoms. The first-order valence-electron chi connectivity index (χ1n) is 6.49. The first kappa shape index (κ1) is 16.4. The molecule has 3 rings (SSSR count). The Morgan fingerprint density at radius 1 is 1.04 bits per heavy atom. The highest BCUT2D eigenvalue weighted by atomic mass is 35.5. The van der Waals surface area contributed by atoms with Gasteiger partial charge in [0.15, 0.2) is 6.61 Å². The summed E-state index contributed by atoms with van der Waals surface area (Å²) >= 11 is 20.5. The summed E-state index contributed by atoms with van der Waals surface area (Å²) in [5.74, 6) is -0.867. The molecule has 0 aliphatic rings. The summed E-state index contributed by atoms with van der Waals surface area (Å²) < 4.78 is 6.16. The SMILES string of the molecule is O=C(O)COc1ccc(-c2sc3ccccc3c2Cl)c(Cl)c1Cl. The monoisotopic (exact) mass is 386 g/mol. The van der Waals surface area contributed by atoms with Crippen LogP contribution in [0.5, 0.6) is 5.75 Å². The van der Waals surface area contributed by atoms with Gasteiger partial charge < -0.3 is 9.84 Å². The van der Waals surface area contributed by atoms with Gasteiger partial charge in [0.25, 0.3) is 0 Å². The van der Waals surface area contributed by atoms with Gasteiger partial charge in [-0.3, -0.25) is 0 Å². The lowest BCUT2D eigenvalue weighted by Gasteiger charge is -2.10. The molecule has 0 saturated heterocycles. The normalized spacial score (nSPS) is 10.9. The smallest absolute Gasteiger partial charge is 0.341 e. The average Bonchev–Trinajstić information content (AvgIpc) is 2.86. The molecule has 3 aromatic rings. The van der Waals surface area contributed by atoms with Crippen LogP contribution in [0.4, 0.5) is 0 Å². The number of carbonyl (C=O) groups is 1. The Morgan fingerprint density at radius 3 is 2.48 bits per heavy atom. The van der Waals surface area contributed by atoms with Gasteiger partial charge in [0.2, 0.25) is 0 Å². The maximum Gasteiger partial charge on any atom is 0.341 e. The molecule has 3 nitrogen and oxygen atoms in total. The third-order valence-corrected chi connectivity index (χ3v) is 5.75. The number of benzene rings is 2. The molecule has 0 amide bonds. The largest absolute Gasteiger partial charge is 0.480 e. The first-order chi connectivity index (χ1) is 11.0. The Hall–Kier alpha value is -1.46. The van der Waals surface area contributed by atoms with Crippen molar-refractivity contribution in [2.75, 3.05) is 6.61 Å². The number of hydrogen-bond donors (Lipinski definition) is 1. The van der Waals surface area contributed by atoms with Crippen molar-refractivity contribution < 1.29 is 14.6 Å². The minimum Gasteiger partial charge on any atom is -0.480 e. The zero-order chi connectivity index (χ0) is 16.6. The Morgan fingerprint density at radius 2 is 1.78 bits per heavy atom. The standard InChI is InChI=1S/C16H9Cl3O3S/c17-13-9(5-6-10(15(13)19)22-7-12(20)21)16-14(18)8-3-1-2-4-11(8)23-16/h1-6H,7H2,(H,20,21). The molecule has 118 valence electrons. The van der Waals surface area contributed by atoms with E-state index in [2.05, 4.69) is 0 Å². The van der Waals surface area contributed by atoms with Crippen molar-refractivity contribution >= 4 is 62.2 Å². The van der Waals surface area contributed by atoms with Crippen LogP contribution in [0, 0.1) is 0 Å². The highest BCUT2D eigenvalue weighted by Gasteiger charge is 2.18. The predicted molar refractivity (Wildman–Crippen MR) is 95.4 cm³/mol. The molecular formula is C16H9Cl3O3S. The van der Waals surface area contributed by atoms with E-state index in [-0.39, 0.29) is 15.8 Å². The lowest BCUT2D eigenvalue weighted by Crippen LogP contribution is -2.09. The van der Waals surface area contributed by atoms with Gasteiger partial charge in [0.1, 0.15) is 10.8 Å². The molecule has 0 bridgehead atoms. The molecule has 7 heteroatoms. The van der Waals surface area contributed by atoms with Crippen LogP contribution < -0.4 is 4.74 Å². The van der Waals surface area contributed by atoms with E-state index in [1.165, 1.54) is 11.3 Å². The highest BCUT2D eigenvalue weighted by Crippen LogP contribution is 2.47. The van der Waals surface area contributed by atoms with Crippen LogP contribution in [0.15, 0.2) is 36.4 Å². The van der Waals surface area contributed by atoms with Crippen molar-refractivity contribution in [3.8, 4) is 16.2 Å². The van der Waals surface area contributed by atoms with E-state index in [9.17, 15) is 4.79 Å². The second kappa shape index (κ2) is 6.57. The van der Waals surface area contributed by atoms with Crippen LogP contribution in [-0.2, 0) is 4.79 Å². The van der Waals surface area contributed by atoms with Gasteiger partial charge in [0, 0.05) is 15.6 Å². The highest BCUT2D eigenvalue weighted by molar-refractivity contribution is 7.23. The van der Waals surface area contributed by atoms with Crippen LogP contribution in [0.25, 0.3) is 20.5 Å². The molecular weight excluding hydrogens is 379 g/mol. The molecule has 23 heavy (non-hydrogen) atoms. The summed E-state index contributed by atoms with van der Waals surface area (Å²) in [4.78, 5) is 11.4. The zero-order valence-corrected chi connectivity index (χ0v) is 14.6. The van der Waals surface area contributed by atoms with Crippen molar-refractivity contribution in [2.45, 2.75) is 0 Å². The van der Waals surface area contributed by atoms with Crippen LogP contribution >= 0.6 is 46.1 Å². The van der Waals surface area contributed by atoms with E-state index >= 15 is 0 Å². The number of fused-ring (bicyclic) bond motifs is 1. The zero-order valence-electron chi connectivity index (χ0n) is 11.5. The molecule has 0 unspecified atom stereocenters. The van der Waals surface area contributed by atoms with Gasteiger partial charge in [-0.15, -0.1) is 11.3 Å². The van der Waals surface area contributed by atoms with Gasteiger partial charge >= 0.3 is 5.97 Å². The summed E-state index contributed by atoms with van der Waals surface area (Å²) in [6, 6.07) is 11.1. The van der Waals surface area contributed by atoms with Crippen molar-refractivity contribution in [1.82, 2.24) is 0 Å². The molecule has 0 aliphatic heterocycles. The van der Waals surface area contributed by atoms with E-state index in [0.29, 0.717) is 10.6 Å². The quantitative estimate of drug-likeness (QED) is 0.598. The fourth-order valence-corrected chi connectivity index (χ4v) is 4.24. The maximum atomic E-state index is 10.6. The van der Waals surface area contributed by atoms with E-state index in [4.69, 9.17) is 44.6 Å². The average molecular weight is 388 g/mol. The lowest BCUT2D eigenvalue weighted by atomic mass is 10.1. The number of thiophene rings is 1. The van der Waals surface area contributed by atoms with E-state index in [1.54, 1.807) is 12.1 Å². The third kappa shape index (κ3) is 3.12.